The van der Waals surface area contributed by atoms with Crippen LogP contribution in [0.1, 0.15) is 57.9 Å². The molecule has 0 radical (unpaired) electrons. The van der Waals surface area contributed by atoms with Crippen molar-refractivity contribution in [3.05, 3.63) is 59.7 Å². The minimum atomic E-state index is -0.909. The molecule has 1 amide bonds. The number of ether oxygens (including phenoxy) is 4. The first-order valence-corrected chi connectivity index (χ1v) is 21.5. The predicted octanol–water partition coefficient (Wildman–Crippen LogP) is 7.40. The highest BCUT2D eigenvalue weighted by Crippen LogP contribution is 2.48. The standard InChI is InChI=1S/C47H52F3N7O6/c1-5-30(51-27-58)23-57(24-31(6-2)52-32-9-11-37-38(21-32)62-19-18-61-37)44-40-43(54-46(55-44)63-26-47(14-15-47)25-56-16-12-29(48)13-17-56)41(50)42(53-45(40)60-4)35-22-33(59)20-28-8-10-36(49)34(7-3)39(28)35/h3,8-11,20-22,27,29-31,52,59H,5-6,12-19,23-26H2,1-2,4H3,(H,51,58). The fourth-order valence-electron chi connectivity index (χ4n) is 8.57. The van der Waals surface area contributed by atoms with Crippen LogP contribution in [0.15, 0.2) is 42.5 Å². The van der Waals surface area contributed by atoms with Gasteiger partial charge in [0.05, 0.1) is 19.3 Å². The summed E-state index contributed by atoms with van der Waals surface area (Å²) < 4.78 is 70.9. The molecule has 332 valence electrons. The van der Waals surface area contributed by atoms with Crippen LogP contribution in [-0.4, -0.2) is 109 Å². The number of halogens is 3. The molecule has 2 fully saturated rings. The number of pyridine rings is 1. The number of aromatic nitrogens is 3. The maximum absolute atomic E-state index is 17.7. The van der Waals surface area contributed by atoms with Gasteiger partial charge in [-0.15, -0.1) is 6.42 Å². The molecule has 3 N–H and O–H groups in total. The van der Waals surface area contributed by atoms with Crippen molar-refractivity contribution in [3.63, 3.8) is 0 Å². The molecule has 1 aliphatic carbocycles. The lowest BCUT2D eigenvalue weighted by Gasteiger charge is -2.33. The molecule has 2 aromatic heterocycles. The zero-order valence-corrected chi connectivity index (χ0v) is 35.7. The minimum Gasteiger partial charge on any atom is -0.508 e. The van der Waals surface area contributed by atoms with E-state index in [1.54, 1.807) is 0 Å². The van der Waals surface area contributed by atoms with Crippen LogP contribution in [0.2, 0.25) is 0 Å². The van der Waals surface area contributed by atoms with Gasteiger partial charge in [0.2, 0.25) is 12.3 Å². The largest absolute Gasteiger partial charge is 0.508 e. The van der Waals surface area contributed by atoms with Crippen molar-refractivity contribution >= 4 is 39.6 Å². The zero-order valence-electron chi connectivity index (χ0n) is 35.7. The van der Waals surface area contributed by atoms with Crippen LogP contribution in [0.4, 0.5) is 24.7 Å². The molecular weight excluding hydrogens is 816 g/mol. The Morgan fingerprint density at radius 3 is 2.46 bits per heavy atom. The molecule has 5 aromatic rings. The maximum Gasteiger partial charge on any atom is 0.319 e. The van der Waals surface area contributed by atoms with Gasteiger partial charge in [0.15, 0.2) is 17.3 Å². The van der Waals surface area contributed by atoms with E-state index in [4.69, 9.17) is 35.3 Å². The molecule has 8 rings (SSSR count). The first kappa shape index (κ1) is 43.4. The normalized spacial score (nSPS) is 16.8. The van der Waals surface area contributed by atoms with Crippen LogP contribution >= 0.6 is 0 Å². The monoisotopic (exact) mass is 867 g/mol. The molecule has 2 aliphatic heterocycles. The van der Waals surface area contributed by atoms with Crippen LogP contribution in [0.3, 0.4) is 0 Å². The third-order valence-electron chi connectivity index (χ3n) is 12.3. The molecule has 13 nitrogen and oxygen atoms in total. The lowest BCUT2D eigenvalue weighted by atomic mass is 9.95. The molecule has 4 heterocycles. The Kier molecular flexibility index (Phi) is 12.9. The first-order chi connectivity index (χ1) is 30.5. The van der Waals surface area contributed by atoms with Crippen LogP contribution in [-0.2, 0) is 4.79 Å². The number of piperidine rings is 1. The van der Waals surface area contributed by atoms with E-state index in [-0.39, 0.29) is 87.2 Å². The lowest BCUT2D eigenvalue weighted by Crippen LogP contribution is -2.45. The summed E-state index contributed by atoms with van der Waals surface area (Å²) in [5.74, 6) is 2.02. The Labute approximate surface area is 364 Å². The topological polar surface area (TPSA) is 143 Å². The third-order valence-corrected chi connectivity index (χ3v) is 12.3. The summed E-state index contributed by atoms with van der Waals surface area (Å²) in [5.41, 5.74) is -0.00615. The second-order valence-corrected chi connectivity index (χ2v) is 16.6. The van der Waals surface area contributed by atoms with Crippen molar-refractivity contribution in [3.8, 4) is 52.7 Å². The van der Waals surface area contributed by atoms with Crippen molar-refractivity contribution in [2.24, 2.45) is 5.41 Å². The number of benzene rings is 3. The smallest absolute Gasteiger partial charge is 0.319 e. The highest BCUT2D eigenvalue weighted by Gasteiger charge is 2.45. The number of carbonyl (C=O) groups is 1. The fraction of sp³-hybridized carbons (Fsp3) is 0.447. The minimum absolute atomic E-state index is 0.0273. The van der Waals surface area contributed by atoms with Gasteiger partial charge in [-0.05, 0) is 74.2 Å². The SMILES string of the molecule is C#Cc1c(F)ccc2cc(O)cc(-c3nc(OC)c4c(N(CC(CC)NC=O)CC(CC)Nc5ccc6c(c5)OCCO6)nc(OCC5(CN6CCC(F)CC6)CC5)nc4c3F)c12. The van der Waals surface area contributed by atoms with Gasteiger partial charge in [-0.3, -0.25) is 4.79 Å². The summed E-state index contributed by atoms with van der Waals surface area (Å²) in [4.78, 5) is 30.4. The van der Waals surface area contributed by atoms with E-state index in [1.807, 2.05) is 36.9 Å². The van der Waals surface area contributed by atoms with Gasteiger partial charge in [0.25, 0.3) is 0 Å². The van der Waals surface area contributed by atoms with Crippen LogP contribution in [0.5, 0.6) is 29.1 Å². The Hall–Kier alpha value is -6.21. The molecule has 2 atom stereocenters. The van der Waals surface area contributed by atoms with Gasteiger partial charge in [0.1, 0.15) is 53.4 Å². The van der Waals surface area contributed by atoms with Crippen molar-refractivity contribution in [2.45, 2.75) is 70.6 Å². The number of aromatic hydroxyl groups is 1. The number of phenols is 1. The van der Waals surface area contributed by atoms with Gasteiger partial charge in [-0.2, -0.15) is 9.97 Å². The third kappa shape index (κ3) is 9.29. The van der Waals surface area contributed by atoms with Crippen molar-refractivity contribution in [1.29, 1.82) is 0 Å². The van der Waals surface area contributed by atoms with E-state index in [9.17, 15) is 14.3 Å². The van der Waals surface area contributed by atoms with Gasteiger partial charge in [-0.1, -0.05) is 25.8 Å². The number of carbonyl (C=O) groups excluding carboxylic acids is 1. The molecule has 3 aliphatic rings. The highest BCUT2D eigenvalue weighted by molar-refractivity contribution is 6.04. The lowest BCUT2D eigenvalue weighted by molar-refractivity contribution is -0.110. The number of phenolic OH excluding ortho intramolecular Hbond substituents is 1. The van der Waals surface area contributed by atoms with Crippen LogP contribution < -0.4 is 34.5 Å². The van der Waals surface area contributed by atoms with Gasteiger partial charge in [0, 0.05) is 72.9 Å². The average Bonchev–Trinajstić information content (AvgIpc) is 4.07. The second kappa shape index (κ2) is 18.6. The van der Waals surface area contributed by atoms with Gasteiger partial charge >= 0.3 is 6.01 Å². The molecule has 3 aromatic carbocycles. The first-order valence-electron chi connectivity index (χ1n) is 21.5. The van der Waals surface area contributed by atoms with Gasteiger partial charge < -0.3 is 44.5 Å². The van der Waals surface area contributed by atoms with Crippen LogP contribution in [0, 0.1) is 29.4 Å². The molecule has 0 spiro atoms. The summed E-state index contributed by atoms with van der Waals surface area (Å²) in [5, 5.41) is 18.0. The molecule has 2 unspecified atom stereocenters. The molecule has 1 saturated heterocycles. The van der Waals surface area contributed by atoms with E-state index in [1.165, 1.54) is 31.4 Å². The Balaban J connectivity index is 1.26. The fourth-order valence-corrected chi connectivity index (χ4v) is 8.57. The Bertz CT molecular complexity index is 2530. The van der Waals surface area contributed by atoms with Crippen molar-refractivity contribution in [2.75, 3.05) is 69.9 Å². The predicted molar refractivity (Wildman–Crippen MR) is 235 cm³/mol. The number of rotatable bonds is 18. The summed E-state index contributed by atoms with van der Waals surface area (Å²) in [6, 6.07) is 10.3. The number of likely N-dealkylation sites (tertiary alicyclic amines) is 1. The van der Waals surface area contributed by atoms with Crippen molar-refractivity contribution in [1.82, 2.24) is 25.2 Å². The number of nitrogens with one attached hydrogen (secondary N) is 2. The number of hydrogen-bond donors (Lipinski definition) is 3. The molecule has 63 heavy (non-hydrogen) atoms. The number of terminal acetylenes is 1. The number of fused-ring (bicyclic) bond motifs is 3. The molecule has 0 bridgehead atoms. The highest BCUT2D eigenvalue weighted by atomic mass is 19.1. The van der Waals surface area contributed by atoms with E-state index >= 15 is 8.78 Å². The quantitative estimate of drug-likeness (QED) is 0.0597. The van der Waals surface area contributed by atoms with E-state index in [0.29, 0.717) is 81.8 Å². The zero-order chi connectivity index (χ0) is 44.3. The number of anilines is 2. The summed E-state index contributed by atoms with van der Waals surface area (Å²) in [6.07, 6.45) is 9.63. The van der Waals surface area contributed by atoms with Gasteiger partial charge in [-0.25, -0.2) is 18.2 Å². The number of nitrogens with zero attached hydrogens (tertiary/aromatic N) is 5. The number of hydrogen-bond acceptors (Lipinski definition) is 12. The molecular formula is C47H52F3N7O6. The second-order valence-electron chi connectivity index (χ2n) is 16.6. The maximum atomic E-state index is 17.7. The Morgan fingerprint density at radius 1 is 1.02 bits per heavy atom. The summed E-state index contributed by atoms with van der Waals surface area (Å²) >= 11 is 0. The summed E-state index contributed by atoms with van der Waals surface area (Å²) in [7, 11) is 1.39. The summed E-state index contributed by atoms with van der Waals surface area (Å²) in [6.45, 7) is 7.71. The number of methoxy groups -OCH3 is 1. The van der Waals surface area contributed by atoms with E-state index < -0.39 is 17.8 Å². The average molecular weight is 868 g/mol. The van der Waals surface area contributed by atoms with E-state index in [0.717, 1.165) is 25.1 Å². The molecule has 16 heteroatoms. The van der Waals surface area contributed by atoms with Crippen molar-refractivity contribution < 1.29 is 42.0 Å². The Morgan fingerprint density at radius 2 is 1.76 bits per heavy atom. The van der Waals surface area contributed by atoms with E-state index in [2.05, 4.69) is 26.4 Å². The number of amides is 1. The van der Waals surface area contributed by atoms with Crippen LogP contribution in [0.25, 0.3) is 32.9 Å². The molecule has 1 saturated carbocycles. The number of alkyl halides is 1.